The Bertz CT molecular complexity index is 1100. The quantitative estimate of drug-likeness (QED) is 0.489. The maximum absolute atomic E-state index is 13.5. The molecule has 190 valence electrons. The Morgan fingerprint density at radius 1 is 0.750 bits per heavy atom. The standard InChI is InChI=1S/C29H31F2NO4/c30-22-8-12-26-20(14-22)6-10-28(35-26)24(33)17-32(16-19-4-2-1-3-5-19)18-25(34)29-11-7-21-15-23(31)9-13-27(21)36-29/h1-5,8-9,12-15,24-25,28-29,33-34H,6-7,10-11,16-18H2/t24-,25?,28+,29?/m0/s1. The molecule has 4 atom stereocenters. The first-order chi connectivity index (χ1) is 17.4. The molecule has 0 aromatic heterocycles. The van der Waals surface area contributed by atoms with E-state index in [1.807, 2.05) is 35.2 Å². The van der Waals surface area contributed by atoms with Crippen LogP contribution in [0.15, 0.2) is 66.7 Å². The van der Waals surface area contributed by atoms with Crippen molar-refractivity contribution in [3.8, 4) is 11.5 Å². The summed E-state index contributed by atoms with van der Waals surface area (Å²) in [6.07, 6.45) is -0.0167. The van der Waals surface area contributed by atoms with Crippen molar-refractivity contribution in [3.05, 3.63) is 95.1 Å². The Balaban J connectivity index is 1.26. The van der Waals surface area contributed by atoms with E-state index in [4.69, 9.17) is 9.47 Å². The average Bonchev–Trinajstić information content (AvgIpc) is 2.88. The second-order valence-corrected chi connectivity index (χ2v) is 9.71. The molecule has 5 nitrogen and oxygen atoms in total. The number of hydrogen-bond donors (Lipinski definition) is 2. The molecule has 0 bridgehead atoms. The molecule has 0 fully saturated rings. The average molecular weight is 496 g/mol. The van der Waals surface area contributed by atoms with Crippen LogP contribution in [-0.2, 0) is 19.4 Å². The Hall–Kier alpha value is -3.00. The molecule has 2 aliphatic rings. The SMILES string of the molecule is OC(CN(Cc1ccccc1)C[C@H](O)[C@H]1CCc2cc(F)ccc2O1)C1CCc2cc(F)ccc2O1. The van der Waals surface area contributed by atoms with Crippen molar-refractivity contribution in [2.24, 2.45) is 0 Å². The van der Waals surface area contributed by atoms with Gasteiger partial charge >= 0.3 is 0 Å². The summed E-state index contributed by atoms with van der Waals surface area (Å²) < 4.78 is 39.1. The Labute approximate surface area is 209 Å². The lowest BCUT2D eigenvalue weighted by Crippen LogP contribution is -2.48. The zero-order valence-corrected chi connectivity index (χ0v) is 20.0. The zero-order valence-electron chi connectivity index (χ0n) is 20.0. The minimum atomic E-state index is -0.796. The Morgan fingerprint density at radius 2 is 1.25 bits per heavy atom. The maximum Gasteiger partial charge on any atom is 0.126 e. The van der Waals surface area contributed by atoms with Crippen molar-refractivity contribution in [3.63, 3.8) is 0 Å². The number of nitrogens with zero attached hydrogens (tertiary/aromatic N) is 1. The van der Waals surface area contributed by atoms with Crippen molar-refractivity contribution in [1.29, 1.82) is 0 Å². The monoisotopic (exact) mass is 495 g/mol. The summed E-state index contributed by atoms with van der Waals surface area (Å²) in [7, 11) is 0. The predicted octanol–water partition coefficient (Wildman–Crippen LogP) is 4.28. The van der Waals surface area contributed by atoms with E-state index in [1.165, 1.54) is 24.3 Å². The van der Waals surface area contributed by atoms with Crippen LogP contribution in [-0.4, -0.2) is 52.6 Å². The molecule has 2 N–H and O–H groups in total. The third-order valence-corrected chi connectivity index (χ3v) is 7.00. The molecule has 0 saturated carbocycles. The van der Waals surface area contributed by atoms with E-state index in [0.717, 1.165) is 16.7 Å². The fourth-order valence-corrected chi connectivity index (χ4v) is 5.11. The number of benzene rings is 3. The van der Waals surface area contributed by atoms with Crippen molar-refractivity contribution in [2.45, 2.75) is 56.6 Å². The maximum atomic E-state index is 13.5. The highest BCUT2D eigenvalue weighted by Gasteiger charge is 2.32. The van der Waals surface area contributed by atoms with Gasteiger partial charge in [-0.3, -0.25) is 4.90 Å². The largest absolute Gasteiger partial charge is 0.487 e. The van der Waals surface area contributed by atoms with E-state index in [9.17, 15) is 19.0 Å². The van der Waals surface area contributed by atoms with Gasteiger partial charge in [0, 0.05) is 19.6 Å². The number of rotatable bonds is 8. The predicted molar refractivity (Wildman–Crippen MR) is 132 cm³/mol. The third kappa shape index (κ3) is 5.86. The highest BCUT2D eigenvalue weighted by atomic mass is 19.1. The van der Waals surface area contributed by atoms with Crippen LogP contribution < -0.4 is 9.47 Å². The lowest BCUT2D eigenvalue weighted by molar-refractivity contribution is -0.0295. The van der Waals surface area contributed by atoms with Crippen molar-refractivity contribution in [1.82, 2.24) is 4.90 Å². The first kappa shape index (κ1) is 24.7. The summed E-state index contributed by atoms with van der Waals surface area (Å²) >= 11 is 0. The van der Waals surface area contributed by atoms with Crippen molar-refractivity contribution >= 4 is 0 Å². The van der Waals surface area contributed by atoms with E-state index in [1.54, 1.807) is 12.1 Å². The van der Waals surface area contributed by atoms with Gasteiger partial charge in [-0.25, -0.2) is 8.78 Å². The highest BCUT2D eigenvalue weighted by Crippen LogP contribution is 2.31. The molecule has 2 heterocycles. The first-order valence-corrected chi connectivity index (χ1v) is 12.5. The van der Waals surface area contributed by atoms with Crippen molar-refractivity contribution in [2.75, 3.05) is 13.1 Å². The molecular formula is C29H31F2NO4. The molecule has 2 unspecified atom stereocenters. The number of aliphatic hydroxyl groups is 2. The van der Waals surface area contributed by atoms with E-state index < -0.39 is 24.4 Å². The second kappa shape index (κ2) is 10.9. The van der Waals surface area contributed by atoms with E-state index in [0.29, 0.717) is 56.8 Å². The molecule has 0 amide bonds. The molecular weight excluding hydrogens is 464 g/mol. The van der Waals surface area contributed by atoms with E-state index >= 15 is 0 Å². The van der Waals surface area contributed by atoms with Crippen LogP contribution >= 0.6 is 0 Å². The summed E-state index contributed by atoms with van der Waals surface area (Å²) in [5, 5.41) is 22.2. The topological polar surface area (TPSA) is 62.2 Å². The lowest BCUT2D eigenvalue weighted by Gasteiger charge is -2.35. The first-order valence-electron chi connectivity index (χ1n) is 12.5. The minimum absolute atomic E-state index is 0.293. The number of hydrogen-bond acceptors (Lipinski definition) is 5. The molecule has 2 aliphatic heterocycles. The summed E-state index contributed by atoms with van der Waals surface area (Å²) in [6, 6.07) is 18.8. The van der Waals surface area contributed by atoms with Crippen LogP contribution in [0.5, 0.6) is 11.5 Å². The van der Waals surface area contributed by atoms with Gasteiger partial charge in [-0.2, -0.15) is 0 Å². The molecule has 0 spiro atoms. The lowest BCUT2D eigenvalue weighted by atomic mass is 9.97. The highest BCUT2D eigenvalue weighted by molar-refractivity contribution is 5.37. The fraction of sp³-hybridized carbons (Fsp3) is 0.379. The molecule has 0 saturated heterocycles. The van der Waals surface area contributed by atoms with Crippen LogP contribution in [0.25, 0.3) is 0 Å². The third-order valence-electron chi connectivity index (χ3n) is 7.00. The minimum Gasteiger partial charge on any atom is -0.487 e. The van der Waals surface area contributed by atoms with Crippen LogP contribution in [0.1, 0.15) is 29.5 Å². The van der Waals surface area contributed by atoms with E-state index in [-0.39, 0.29) is 11.6 Å². The number of aliphatic hydroxyl groups excluding tert-OH is 2. The summed E-state index contributed by atoms with van der Waals surface area (Å²) in [6.45, 7) is 1.13. The molecule has 7 heteroatoms. The van der Waals surface area contributed by atoms with Gasteiger partial charge in [-0.1, -0.05) is 30.3 Å². The van der Waals surface area contributed by atoms with Gasteiger partial charge in [0.1, 0.15) is 47.5 Å². The number of aryl methyl sites for hydroxylation is 2. The van der Waals surface area contributed by atoms with Gasteiger partial charge in [0.2, 0.25) is 0 Å². The van der Waals surface area contributed by atoms with Crippen LogP contribution in [0.4, 0.5) is 8.78 Å². The fourth-order valence-electron chi connectivity index (χ4n) is 5.11. The normalized spacial score (nSPS) is 20.6. The van der Waals surface area contributed by atoms with Crippen LogP contribution in [0, 0.1) is 11.6 Å². The number of fused-ring (bicyclic) bond motifs is 2. The zero-order chi connectivity index (χ0) is 25.1. The molecule has 3 aromatic carbocycles. The van der Waals surface area contributed by atoms with E-state index in [2.05, 4.69) is 0 Å². The number of ether oxygens (including phenoxy) is 2. The van der Waals surface area contributed by atoms with Crippen LogP contribution in [0.3, 0.4) is 0 Å². The van der Waals surface area contributed by atoms with Crippen molar-refractivity contribution < 1.29 is 28.5 Å². The van der Waals surface area contributed by atoms with Gasteiger partial charge in [0.25, 0.3) is 0 Å². The van der Waals surface area contributed by atoms with Gasteiger partial charge in [-0.05, 0) is 78.8 Å². The molecule has 5 rings (SSSR count). The molecule has 3 aromatic rings. The molecule has 36 heavy (non-hydrogen) atoms. The summed E-state index contributed by atoms with van der Waals surface area (Å²) in [5.74, 6) is 0.619. The van der Waals surface area contributed by atoms with Gasteiger partial charge < -0.3 is 19.7 Å². The smallest absolute Gasteiger partial charge is 0.126 e. The Morgan fingerprint density at radius 3 is 1.75 bits per heavy atom. The van der Waals surface area contributed by atoms with Crippen LogP contribution in [0.2, 0.25) is 0 Å². The molecule has 0 radical (unpaired) electrons. The molecule has 0 aliphatic carbocycles. The van der Waals surface area contributed by atoms with Gasteiger partial charge in [-0.15, -0.1) is 0 Å². The van der Waals surface area contributed by atoms with Gasteiger partial charge in [0.05, 0.1) is 0 Å². The number of halogens is 2. The summed E-state index contributed by atoms with van der Waals surface area (Å²) in [4.78, 5) is 2.01. The van der Waals surface area contributed by atoms with Gasteiger partial charge in [0.15, 0.2) is 0 Å². The second-order valence-electron chi connectivity index (χ2n) is 9.71. The Kier molecular flexibility index (Phi) is 7.51. The summed E-state index contributed by atoms with van der Waals surface area (Å²) in [5.41, 5.74) is 2.68.